The Hall–Kier alpha value is -2.22. The fourth-order valence-electron chi connectivity index (χ4n) is 1.42. The molecule has 19 heavy (non-hydrogen) atoms. The van der Waals surface area contributed by atoms with E-state index in [1.165, 1.54) is 23.5 Å². The third-order valence-electron chi connectivity index (χ3n) is 2.45. The minimum absolute atomic E-state index is 0.369. The number of nitrogens with zero attached hydrogens (tertiary/aromatic N) is 3. The van der Waals surface area contributed by atoms with Crippen molar-refractivity contribution in [1.29, 1.82) is 0 Å². The zero-order valence-corrected chi connectivity index (χ0v) is 11.3. The van der Waals surface area contributed by atoms with Gasteiger partial charge in [0.15, 0.2) is 0 Å². The molecule has 0 amide bonds. The van der Waals surface area contributed by atoms with Crippen LogP contribution < -0.4 is 11.6 Å². The molecule has 1 heterocycles. The molecule has 0 saturated carbocycles. The fraction of sp³-hybridized carbons (Fsp3) is 0.182. The van der Waals surface area contributed by atoms with E-state index >= 15 is 0 Å². The standard InChI is InChI=1S/C11H13N5O2S/c1-6-14-15-11(16(6)13)19-9-4-3-7(12)5-8(9)10(17)18-2/h3-5H,12-13H2,1-2H3. The molecule has 7 nitrogen and oxygen atoms in total. The van der Waals surface area contributed by atoms with Crippen LogP contribution in [0.3, 0.4) is 0 Å². The van der Waals surface area contributed by atoms with Gasteiger partial charge in [-0.3, -0.25) is 0 Å². The summed E-state index contributed by atoms with van der Waals surface area (Å²) in [5.74, 6) is 5.89. The highest BCUT2D eigenvalue weighted by atomic mass is 32.2. The largest absolute Gasteiger partial charge is 0.465 e. The molecule has 0 aliphatic rings. The van der Waals surface area contributed by atoms with Gasteiger partial charge in [-0.05, 0) is 36.9 Å². The molecule has 0 radical (unpaired) electrons. The predicted octanol–water partition coefficient (Wildman–Crippen LogP) is 0.820. The summed E-state index contributed by atoms with van der Waals surface area (Å²) in [6.45, 7) is 1.74. The number of esters is 1. The molecule has 2 aromatic rings. The third-order valence-corrected chi connectivity index (χ3v) is 3.48. The zero-order chi connectivity index (χ0) is 14.0. The Morgan fingerprint density at radius 1 is 1.42 bits per heavy atom. The Balaban J connectivity index is 2.40. The summed E-state index contributed by atoms with van der Waals surface area (Å²) >= 11 is 1.22. The molecule has 0 aliphatic heterocycles. The van der Waals surface area contributed by atoms with E-state index in [1.807, 2.05) is 0 Å². The number of carbonyl (C=O) groups excluding carboxylic acids is 1. The fourth-order valence-corrected chi connectivity index (χ4v) is 2.32. The number of anilines is 1. The summed E-state index contributed by atoms with van der Waals surface area (Å²) in [6.07, 6.45) is 0. The second-order valence-corrected chi connectivity index (χ2v) is 4.76. The van der Waals surface area contributed by atoms with Crippen LogP contribution in [0.2, 0.25) is 0 Å². The van der Waals surface area contributed by atoms with Gasteiger partial charge in [-0.15, -0.1) is 10.2 Å². The number of aryl methyl sites for hydroxylation is 1. The molecule has 4 N–H and O–H groups in total. The Labute approximate surface area is 113 Å². The monoisotopic (exact) mass is 279 g/mol. The molecule has 100 valence electrons. The van der Waals surface area contributed by atoms with Crippen LogP contribution in [0.5, 0.6) is 0 Å². The first-order valence-corrected chi connectivity index (χ1v) is 6.17. The van der Waals surface area contributed by atoms with Crippen LogP contribution in [0.4, 0.5) is 5.69 Å². The van der Waals surface area contributed by atoms with Crippen LogP contribution >= 0.6 is 11.8 Å². The van der Waals surface area contributed by atoms with E-state index in [0.717, 1.165) is 0 Å². The molecule has 0 fully saturated rings. The van der Waals surface area contributed by atoms with Crippen molar-refractivity contribution in [3.8, 4) is 0 Å². The van der Waals surface area contributed by atoms with Gasteiger partial charge in [0.05, 0.1) is 12.7 Å². The summed E-state index contributed by atoms with van der Waals surface area (Å²) in [6, 6.07) is 4.97. The maximum atomic E-state index is 11.7. The molecule has 0 saturated heterocycles. The topological polar surface area (TPSA) is 109 Å². The maximum Gasteiger partial charge on any atom is 0.339 e. The molecule has 2 rings (SSSR count). The molecule has 0 atom stereocenters. The first-order chi connectivity index (χ1) is 9.02. The van der Waals surface area contributed by atoms with E-state index in [9.17, 15) is 4.79 Å². The second kappa shape index (κ2) is 5.19. The third kappa shape index (κ3) is 2.63. The molecule has 1 aromatic carbocycles. The normalized spacial score (nSPS) is 10.4. The van der Waals surface area contributed by atoms with Crippen molar-refractivity contribution in [1.82, 2.24) is 14.9 Å². The van der Waals surface area contributed by atoms with Gasteiger partial charge in [0.2, 0.25) is 5.16 Å². The molecule has 8 heteroatoms. The summed E-state index contributed by atoms with van der Waals surface area (Å²) in [5.41, 5.74) is 6.52. The number of nitrogens with two attached hydrogens (primary N) is 2. The lowest BCUT2D eigenvalue weighted by molar-refractivity contribution is 0.0597. The first kappa shape index (κ1) is 13.2. The van der Waals surface area contributed by atoms with E-state index in [0.29, 0.717) is 27.1 Å². The smallest absolute Gasteiger partial charge is 0.339 e. The Bertz CT molecular complexity index is 626. The molecule has 0 spiro atoms. The van der Waals surface area contributed by atoms with E-state index in [-0.39, 0.29) is 0 Å². The molecule has 1 aromatic heterocycles. The van der Waals surface area contributed by atoms with Crippen LogP contribution in [0.15, 0.2) is 28.3 Å². The molecule has 0 aliphatic carbocycles. The number of benzene rings is 1. The van der Waals surface area contributed by atoms with E-state index in [4.69, 9.17) is 16.3 Å². The molecular formula is C11H13N5O2S. The van der Waals surface area contributed by atoms with E-state index in [1.54, 1.807) is 25.1 Å². The number of ether oxygens (including phenoxy) is 1. The quantitative estimate of drug-likeness (QED) is 0.486. The Morgan fingerprint density at radius 3 is 2.74 bits per heavy atom. The van der Waals surface area contributed by atoms with Crippen molar-refractivity contribution < 1.29 is 9.53 Å². The lowest BCUT2D eigenvalue weighted by Gasteiger charge is -2.08. The van der Waals surface area contributed by atoms with Crippen LogP contribution in [-0.4, -0.2) is 28.0 Å². The number of hydrogen-bond donors (Lipinski definition) is 2. The van der Waals surface area contributed by atoms with E-state index < -0.39 is 5.97 Å². The van der Waals surface area contributed by atoms with Crippen LogP contribution in [0.25, 0.3) is 0 Å². The van der Waals surface area contributed by atoms with E-state index in [2.05, 4.69) is 10.2 Å². The highest BCUT2D eigenvalue weighted by Crippen LogP contribution is 2.30. The van der Waals surface area contributed by atoms with Gasteiger partial charge in [-0.2, -0.15) is 0 Å². The van der Waals surface area contributed by atoms with Crippen molar-refractivity contribution in [2.24, 2.45) is 0 Å². The second-order valence-electron chi connectivity index (χ2n) is 3.75. The highest BCUT2D eigenvalue weighted by molar-refractivity contribution is 7.99. The number of nitrogen functional groups attached to an aromatic ring is 2. The van der Waals surface area contributed by atoms with Crippen molar-refractivity contribution in [3.63, 3.8) is 0 Å². The van der Waals surface area contributed by atoms with Crippen LogP contribution in [-0.2, 0) is 4.74 Å². The zero-order valence-electron chi connectivity index (χ0n) is 10.5. The van der Waals surface area contributed by atoms with Crippen molar-refractivity contribution >= 4 is 23.4 Å². The first-order valence-electron chi connectivity index (χ1n) is 5.35. The summed E-state index contributed by atoms with van der Waals surface area (Å²) < 4.78 is 6.07. The number of methoxy groups -OCH3 is 1. The molecular weight excluding hydrogens is 266 g/mol. The minimum Gasteiger partial charge on any atom is -0.465 e. The lowest BCUT2D eigenvalue weighted by atomic mass is 10.2. The van der Waals surface area contributed by atoms with Crippen molar-refractivity contribution in [3.05, 3.63) is 29.6 Å². The number of hydrogen-bond acceptors (Lipinski definition) is 7. The van der Waals surface area contributed by atoms with Gasteiger partial charge in [0, 0.05) is 10.6 Å². The van der Waals surface area contributed by atoms with Gasteiger partial charge in [-0.1, -0.05) is 0 Å². The number of rotatable bonds is 3. The van der Waals surface area contributed by atoms with Crippen molar-refractivity contribution in [2.45, 2.75) is 17.0 Å². The molecule has 0 bridgehead atoms. The van der Waals surface area contributed by atoms with Gasteiger partial charge in [-0.25, -0.2) is 9.47 Å². The lowest BCUT2D eigenvalue weighted by Crippen LogP contribution is -2.12. The Morgan fingerprint density at radius 2 is 2.16 bits per heavy atom. The summed E-state index contributed by atoms with van der Waals surface area (Å²) in [7, 11) is 1.32. The average molecular weight is 279 g/mol. The van der Waals surface area contributed by atoms with Gasteiger partial charge < -0.3 is 16.3 Å². The van der Waals surface area contributed by atoms with Gasteiger partial charge in [0.1, 0.15) is 5.82 Å². The highest BCUT2D eigenvalue weighted by Gasteiger charge is 2.16. The maximum absolute atomic E-state index is 11.7. The Kier molecular flexibility index (Phi) is 3.61. The van der Waals surface area contributed by atoms with Crippen molar-refractivity contribution in [2.75, 3.05) is 18.7 Å². The SMILES string of the molecule is COC(=O)c1cc(N)ccc1Sc1nnc(C)n1N. The minimum atomic E-state index is -0.463. The number of aromatic nitrogens is 3. The average Bonchev–Trinajstić information content (AvgIpc) is 2.71. The molecule has 0 unspecified atom stereocenters. The summed E-state index contributed by atoms with van der Waals surface area (Å²) in [4.78, 5) is 12.4. The van der Waals surface area contributed by atoms with Gasteiger partial charge >= 0.3 is 5.97 Å². The van der Waals surface area contributed by atoms with Crippen LogP contribution in [0.1, 0.15) is 16.2 Å². The predicted molar refractivity (Wildman–Crippen MR) is 71.2 cm³/mol. The van der Waals surface area contributed by atoms with Gasteiger partial charge in [0.25, 0.3) is 0 Å². The number of carbonyl (C=O) groups is 1. The summed E-state index contributed by atoms with van der Waals surface area (Å²) in [5, 5.41) is 8.26. The van der Waals surface area contributed by atoms with Crippen LogP contribution in [0, 0.1) is 6.92 Å².